The van der Waals surface area contributed by atoms with Gasteiger partial charge in [-0.1, -0.05) is 24.3 Å². The van der Waals surface area contributed by atoms with E-state index >= 15 is 0 Å². The predicted octanol–water partition coefficient (Wildman–Crippen LogP) is 2.08. The molecule has 3 rings (SSSR count). The molecule has 2 aliphatic rings. The number of rotatable bonds is 3. The normalized spacial score (nSPS) is 20.8. The minimum absolute atomic E-state index is 0.0808. The summed E-state index contributed by atoms with van der Waals surface area (Å²) < 4.78 is 0. The van der Waals surface area contributed by atoms with Crippen molar-refractivity contribution in [1.29, 1.82) is 0 Å². The largest absolute Gasteiger partial charge is 0.368 e. The molecule has 0 aromatic heterocycles. The van der Waals surface area contributed by atoms with Gasteiger partial charge < -0.3 is 14.7 Å². The summed E-state index contributed by atoms with van der Waals surface area (Å²) in [5, 5.41) is -0.152. The number of benzene rings is 1. The molecule has 26 heavy (non-hydrogen) atoms. The Hall–Kier alpha value is -1.95. The summed E-state index contributed by atoms with van der Waals surface area (Å²) >= 11 is 1.66. The minimum Gasteiger partial charge on any atom is -0.368 e. The van der Waals surface area contributed by atoms with Crippen LogP contribution in [0.1, 0.15) is 11.1 Å². The second-order valence-corrected chi connectivity index (χ2v) is 8.26. The Kier molecular flexibility index (Phi) is 5.91. The first-order valence-corrected chi connectivity index (χ1v) is 10.2. The van der Waals surface area contributed by atoms with Crippen LogP contribution in [0.4, 0.5) is 5.69 Å². The van der Waals surface area contributed by atoms with Crippen LogP contribution in [-0.4, -0.2) is 71.9 Å². The van der Waals surface area contributed by atoms with Gasteiger partial charge in [0.15, 0.2) is 0 Å². The summed E-state index contributed by atoms with van der Waals surface area (Å²) in [6.07, 6.45) is 1.33. The average Bonchev–Trinajstić information content (AvgIpc) is 2.67. The van der Waals surface area contributed by atoms with Gasteiger partial charge in [-0.05, 0) is 31.6 Å². The van der Waals surface area contributed by atoms with Gasteiger partial charge in [0, 0.05) is 50.7 Å². The topological polar surface area (TPSA) is 43.9 Å². The molecule has 2 heterocycles. The molecule has 0 bridgehead atoms. The minimum atomic E-state index is -0.152. The number of carbonyl (C=O) groups excluding carboxylic acids is 2. The zero-order valence-corrected chi connectivity index (χ0v) is 16.4. The van der Waals surface area contributed by atoms with E-state index in [9.17, 15) is 9.59 Å². The van der Waals surface area contributed by atoms with E-state index in [0.717, 1.165) is 31.9 Å². The third-order valence-electron chi connectivity index (χ3n) is 5.11. The van der Waals surface area contributed by atoms with Gasteiger partial charge in [-0.3, -0.25) is 9.59 Å². The Balaban J connectivity index is 1.58. The zero-order valence-electron chi connectivity index (χ0n) is 15.6. The van der Waals surface area contributed by atoms with Crippen LogP contribution < -0.4 is 4.90 Å². The van der Waals surface area contributed by atoms with Crippen molar-refractivity contribution in [2.24, 2.45) is 0 Å². The summed E-state index contributed by atoms with van der Waals surface area (Å²) in [5.41, 5.74) is 3.82. The molecule has 0 aliphatic carbocycles. The molecular weight excluding hydrogens is 346 g/mol. The lowest BCUT2D eigenvalue weighted by atomic mass is 10.1. The number of nitrogens with zero attached hydrogens (tertiary/aromatic N) is 3. The standard InChI is InChI=1S/C20H27N3O2S/c1-4-19(24)23-11-12-26-18(14-23)20(25)22-9-7-21(8-10-22)17-6-5-15(2)13-16(17)3/h4-6,13,18H,1,7-12,14H2,2-3H3. The van der Waals surface area contributed by atoms with Crippen molar-refractivity contribution < 1.29 is 9.59 Å². The van der Waals surface area contributed by atoms with Gasteiger partial charge in [0.25, 0.3) is 0 Å². The molecule has 140 valence electrons. The van der Waals surface area contributed by atoms with Gasteiger partial charge >= 0.3 is 0 Å². The summed E-state index contributed by atoms with van der Waals surface area (Å²) in [5.74, 6) is 0.887. The molecule has 5 nitrogen and oxygen atoms in total. The van der Waals surface area contributed by atoms with E-state index in [1.165, 1.54) is 22.9 Å². The monoisotopic (exact) mass is 373 g/mol. The molecule has 0 radical (unpaired) electrons. The SMILES string of the molecule is C=CC(=O)N1CCSC(C(=O)N2CCN(c3ccc(C)cc3C)CC2)C1. The zero-order chi connectivity index (χ0) is 18.7. The predicted molar refractivity (Wildman–Crippen MR) is 108 cm³/mol. The molecule has 1 unspecified atom stereocenters. The molecule has 0 spiro atoms. The lowest BCUT2D eigenvalue weighted by molar-refractivity contribution is -0.132. The molecule has 1 aromatic rings. The van der Waals surface area contributed by atoms with E-state index in [1.807, 2.05) is 4.90 Å². The molecule has 2 amide bonds. The van der Waals surface area contributed by atoms with Gasteiger partial charge in [0.1, 0.15) is 5.25 Å². The summed E-state index contributed by atoms with van der Waals surface area (Å²) in [4.78, 5) is 30.8. The maximum absolute atomic E-state index is 12.9. The van der Waals surface area contributed by atoms with Crippen molar-refractivity contribution in [2.45, 2.75) is 19.1 Å². The third kappa shape index (κ3) is 4.06. The highest BCUT2D eigenvalue weighted by Crippen LogP contribution is 2.25. The lowest BCUT2D eigenvalue weighted by Crippen LogP contribution is -2.54. The third-order valence-corrected chi connectivity index (χ3v) is 6.28. The van der Waals surface area contributed by atoms with Crippen LogP contribution in [0.3, 0.4) is 0 Å². The van der Waals surface area contributed by atoms with Crippen molar-refractivity contribution in [1.82, 2.24) is 9.80 Å². The van der Waals surface area contributed by atoms with E-state index < -0.39 is 0 Å². The van der Waals surface area contributed by atoms with Gasteiger partial charge in [0.2, 0.25) is 11.8 Å². The second-order valence-electron chi connectivity index (χ2n) is 6.95. The first-order valence-electron chi connectivity index (χ1n) is 9.13. The van der Waals surface area contributed by atoms with Crippen molar-refractivity contribution in [3.05, 3.63) is 42.0 Å². The molecule has 1 aromatic carbocycles. The van der Waals surface area contributed by atoms with E-state index in [-0.39, 0.29) is 17.1 Å². The maximum atomic E-state index is 12.9. The van der Waals surface area contributed by atoms with Gasteiger partial charge in [-0.25, -0.2) is 0 Å². The van der Waals surface area contributed by atoms with Crippen molar-refractivity contribution >= 4 is 29.3 Å². The van der Waals surface area contributed by atoms with E-state index in [1.54, 1.807) is 16.7 Å². The highest BCUT2D eigenvalue weighted by molar-refractivity contribution is 8.00. The Morgan fingerprint density at radius 3 is 2.50 bits per heavy atom. The fourth-order valence-electron chi connectivity index (χ4n) is 3.66. The summed E-state index contributed by atoms with van der Waals surface area (Å²) in [6.45, 7) is 12.2. The number of amides is 2. The van der Waals surface area contributed by atoms with Crippen molar-refractivity contribution in [3.8, 4) is 0 Å². The van der Waals surface area contributed by atoms with E-state index in [0.29, 0.717) is 13.1 Å². The van der Waals surface area contributed by atoms with Crippen LogP contribution in [0.25, 0.3) is 0 Å². The molecular formula is C20H27N3O2S. The smallest absolute Gasteiger partial charge is 0.246 e. The number of anilines is 1. The van der Waals surface area contributed by atoms with Gasteiger partial charge in [0.05, 0.1) is 0 Å². The molecule has 0 N–H and O–H groups in total. The van der Waals surface area contributed by atoms with Crippen LogP contribution >= 0.6 is 11.8 Å². The number of thioether (sulfide) groups is 1. The number of carbonyl (C=O) groups is 2. The Bertz CT molecular complexity index is 698. The molecule has 6 heteroatoms. The highest BCUT2D eigenvalue weighted by Gasteiger charge is 2.32. The molecule has 0 saturated carbocycles. The average molecular weight is 374 g/mol. The number of hydrogen-bond donors (Lipinski definition) is 0. The fourth-order valence-corrected chi connectivity index (χ4v) is 4.85. The van der Waals surface area contributed by atoms with Crippen LogP contribution in [0.2, 0.25) is 0 Å². The van der Waals surface area contributed by atoms with Crippen LogP contribution in [0, 0.1) is 13.8 Å². The summed E-state index contributed by atoms with van der Waals surface area (Å²) in [6, 6.07) is 6.53. The lowest BCUT2D eigenvalue weighted by Gasteiger charge is -2.39. The molecule has 2 aliphatic heterocycles. The van der Waals surface area contributed by atoms with E-state index in [2.05, 4.69) is 43.5 Å². The summed E-state index contributed by atoms with van der Waals surface area (Å²) in [7, 11) is 0. The first-order chi connectivity index (χ1) is 12.5. The van der Waals surface area contributed by atoms with Crippen LogP contribution in [0.15, 0.2) is 30.9 Å². The quantitative estimate of drug-likeness (QED) is 0.761. The molecule has 2 fully saturated rings. The van der Waals surface area contributed by atoms with Crippen LogP contribution in [-0.2, 0) is 9.59 Å². The van der Waals surface area contributed by atoms with E-state index in [4.69, 9.17) is 0 Å². The van der Waals surface area contributed by atoms with Crippen LogP contribution in [0.5, 0.6) is 0 Å². The Morgan fingerprint density at radius 1 is 1.12 bits per heavy atom. The second kappa shape index (κ2) is 8.16. The van der Waals surface area contributed by atoms with Gasteiger partial charge in [-0.15, -0.1) is 11.8 Å². The Labute approximate surface area is 160 Å². The maximum Gasteiger partial charge on any atom is 0.246 e. The number of aryl methyl sites for hydroxylation is 2. The molecule has 2 saturated heterocycles. The van der Waals surface area contributed by atoms with Crippen molar-refractivity contribution in [2.75, 3.05) is 49.9 Å². The van der Waals surface area contributed by atoms with Crippen molar-refractivity contribution in [3.63, 3.8) is 0 Å². The molecule has 1 atom stereocenters. The fraction of sp³-hybridized carbons (Fsp3) is 0.500. The number of hydrogen-bond acceptors (Lipinski definition) is 4. The number of piperazine rings is 1. The van der Waals surface area contributed by atoms with Gasteiger partial charge in [-0.2, -0.15) is 0 Å². The first kappa shape index (κ1) is 18.8. The Morgan fingerprint density at radius 2 is 1.85 bits per heavy atom. The highest BCUT2D eigenvalue weighted by atomic mass is 32.2.